The van der Waals surface area contributed by atoms with Crippen LogP contribution in [0.2, 0.25) is 0 Å². The number of unbranched alkanes of at least 4 members (excludes halogenated alkanes) is 1. The molecule has 0 fully saturated rings. The van der Waals surface area contributed by atoms with E-state index >= 15 is 0 Å². The minimum Gasteiger partial charge on any atom is -0.383 e. The number of thiocarbonyl (C=S) groups is 1. The molecule has 1 aliphatic heterocycles. The summed E-state index contributed by atoms with van der Waals surface area (Å²) in [5, 5.41) is 6.50. The summed E-state index contributed by atoms with van der Waals surface area (Å²) in [5.74, 6) is 0.854. The van der Waals surface area contributed by atoms with Crippen molar-refractivity contribution in [2.45, 2.75) is 19.3 Å². The molecular weight excluding hydrogens is 390 g/mol. The molecule has 1 aliphatic rings. The molecule has 1 aromatic carbocycles. The second kappa shape index (κ2) is 10.0. The highest BCUT2D eigenvalue weighted by molar-refractivity contribution is 7.80. The molecule has 0 saturated carbocycles. The Labute approximate surface area is 174 Å². The molecule has 0 bridgehead atoms. The molecule has 0 saturated heterocycles. The van der Waals surface area contributed by atoms with Crippen LogP contribution in [0.25, 0.3) is 0 Å². The summed E-state index contributed by atoms with van der Waals surface area (Å²) in [6.45, 7) is 1.56. The predicted molar refractivity (Wildman–Crippen MR) is 113 cm³/mol. The van der Waals surface area contributed by atoms with Crippen molar-refractivity contribution in [3.05, 3.63) is 53.5 Å². The number of carbonyl (C=O) groups is 2. The molecule has 152 valence electrons. The Bertz CT molecular complexity index is 870. The Balaban J connectivity index is 1.45. The number of aromatic nitrogens is 2. The highest BCUT2D eigenvalue weighted by Crippen LogP contribution is 2.22. The molecule has 0 atom stereocenters. The number of imide groups is 1. The molecule has 29 heavy (non-hydrogen) atoms. The molecule has 1 aromatic heterocycles. The van der Waals surface area contributed by atoms with Crippen LogP contribution in [-0.4, -0.2) is 58.6 Å². The van der Waals surface area contributed by atoms with E-state index in [1.165, 1.54) is 4.90 Å². The number of amides is 2. The third-order valence-electron chi connectivity index (χ3n) is 4.45. The van der Waals surface area contributed by atoms with Crippen molar-refractivity contribution in [1.29, 1.82) is 0 Å². The molecule has 9 heteroatoms. The van der Waals surface area contributed by atoms with Gasteiger partial charge in [0.1, 0.15) is 11.6 Å². The fourth-order valence-electron chi connectivity index (χ4n) is 3.01. The lowest BCUT2D eigenvalue weighted by Crippen LogP contribution is -2.31. The lowest BCUT2D eigenvalue weighted by Gasteiger charge is -2.13. The Kier molecular flexibility index (Phi) is 7.20. The minimum absolute atomic E-state index is 0.220. The smallest absolute Gasteiger partial charge is 0.261 e. The molecule has 3 rings (SSSR count). The van der Waals surface area contributed by atoms with E-state index in [1.807, 2.05) is 0 Å². The Hall–Kier alpha value is -2.91. The van der Waals surface area contributed by atoms with Gasteiger partial charge in [0.15, 0.2) is 5.11 Å². The fraction of sp³-hybridized carbons (Fsp3) is 0.350. The van der Waals surface area contributed by atoms with E-state index in [0.717, 1.165) is 6.42 Å². The first-order valence-electron chi connectivity index (χ1n) is 9.41. The van der Waals surface area contributed by atoms with E-state index in [0.29, 0.717) is 60.4 Å². The van der Waals surface area contributed by atoms with E-state index in [9.17, 15) is 9.59 Å². The van der Waals surface area contributed by atoms with Gasteiger partial charge in [-0.1, -0.05) is 12.1 Å². The molecule has 0 spiro atoms. The van der Waals surface area contributed by atoms with Crippen molar-refractivity contribution in [1.82, 2.24) is 20.2 Å². The molecule has 2 N–H and O–H groups in total. The number of benzene rings is 1. The number of nitrogens with zero attached hydrogens (tertiary/aromatic N) is 3. The van der Waals surface area contributed by atoms with Gasteiger partial charge in [0.05, 0.1) is 17.7 Å². The maximum Gasteiger partial charge on any atom is 0.261 e. The van der Waals surface area contributed by atoms with Gasteiger partial charge >= 0.3 is 0 Å². The van der Waals surface area contributed by atoms with Crippen LogP contribution in [0.15, 0.2) is 36.5 Å². The van der Waals surface area contributed by atoms with Gasteiger partial charge in [0.2, 0.25) is 0 Å². The lowest BCUT2D eigenvalue weighted by molar-refractivity contribution is 0.0652. The van der Waals surface area contributed by atoms with E-state index in [-0.39, 0.29) is 11.8 Å². The van der Waals surface area contributed by atoms with Crippen LogP contribution >= 0.6 is 12.2 Å². The van der Waals surface area contributed by atoms with Crippen LogP contribution in [0.4, 0.5) is 5.82 Å². The first-order valence-corrected chi connectivity index (χ1v) is 9.82. The van der Waals surface area contributed by atoms with Crippen molar-refractivity contribution in [3.63, 3.8) is 0 Å². The van der Waals surface area contributed by atoms with Crippen LogP contribution in [0.3, 0.4) is 0 Å². The van der Waals surface area contributed by atoms with Crippen molar-refractivity contribution >= 4 is 35.0 Å². The number of methoxy groups -OCH3 is 1. The molecule has 0 radical (unpaired) electrons. The van der Waals surface area contributed by atoms with Crippen molar-refractivity contribution in [2.75, 3.05) is 32.1 Å². The number of fused-ring (bicyclic) bond motifs is 1. The number of nitrogens with one attached hydrogen (secondary N) is 2. The Morgan fingerprint density at radius 1 is 1.14 bits per heavy atom. The van der Waals surface area contributed by atoms with Gasteiger partial charge in [-0.3, -0.25) is 14.5 Å². The zero-order valence-corrected chi connectivity index (χ0v) is 17.0. The maximum atomic E-state index is 12.4. The average molecular weight is 414 g/mol. The normalized spacial score (nSPS) is 12.8. The summed E-state index contributed by atoms with van der Waals surface area (Å²) >= 11 is 5.20. The summed E-state index contributed by atoms with van der Waals surface area (Å²) in [7, 11) is 1.63. The topological polar surface area (TPSA) is 96.5 Å². The summed E-state index contributed by atoms with van der Waals surface area (Å²) in [6, 6.07) is 8.66. The molecule has 0 unspecified atom stereocenters. The first kappa shape index (κ1) is 20.8. The maximum absolute atomic E-state index is 12.4. The second-order valence-corrected chi connectivity index (χ2v) is 6.90. The largest absolute Gasteiger partial charge is 0.383 e. The summed E-state index contributed by atoms with van der Waals surface area (Å²) in [4.78, 5) is 34.7. The van der Waals surface area contributed by atoms with Crippen LogP contribution in [-0.2, 0) is 11.2 Å². The number of hydrogen-bond acceptors (Lipinski definition) is 6. The van der Waals surface area contributed by atoms with E-state index in [2.05, 4.69) is 20.6 Å². The number of ether oxygens (including phenoxy) is 1. The number of aryl methyl sites for hydroxylation is 1. The molecule has 2 amide bonds. The molecular formula is C20H23N5O3S. The van der Waals surface area contributed by atoms with Crippen molar-refractivity contribution in [2.24, 2.45) is 0 Å². The van der Waals surface area contributed by atoms with Crippen molar-refractivity contribution in [3.8, 4) is 0 Å². The van der Waals surface area contributed by atoms with Crippen LogP contribution in [0, 0.1) is 0 Å². The quantitative estimate of drug-likeness (QED) is 0.366. The van der Waals surface area contributed by atoms with Crippen molar-refractivity contribution < 1.29 is 14.3 Å². The molecule has 2 heterocycles. The van der Waals surface area contributed by atoms with E-state index in [4.69, 9.17) is 17.0 Å². The number of rotatable bonds is 9. The fourth-order valence-corrected chi connectivity index (χ4v) is 3.22. The van der Waals surface area contributed by atoms with Gasteiger partial charge in [-0.05, 0) is 43.3 Å². The number of hydrogen-bond donors (Lipinski definition) is 2. The highest BCUT2D eigenvalue weighted by atomic mass is 32.1. The van der Waals surface area contributed by atoms with Gasteiger partial charge in [0, 0.05) is 32.8 Å². The first-order chi connectivity index (χ1) is 14.1. The van der Waals surface area contributed by atoms with Gasteiger partial charge in [-0.15, -0.1) is 0 Å². The standard InChI is InChI=1S/C20H23N5O3S/c1-28-13-11-22-20(29)24-17-9-10-21-16(23-17)8-4-5-12-25-18(26)14-6-2-3-7-15(14)19(25)27/h2-3,6-7,9-10H,4-5,8,11-13H2,1H3,(H2,21,22,23,24,29). The summed E-state index contributed by atoms with van der Waals surface area (Å²) in [5.41, 5.74) is 0.962. The Morgan fingerprint density at radius 3 is 2.55 bits per heavy atom. The van der Waals surface area contributed by atoms with Gasteiger partial charge in [-0.25, -0.2) is 9.97 Å². The van der Waals surface area contributed by atoms with Crippen LogP contribution in [0.1, 0.15) is 39.4 Å². The van der Waals surface area contributed by atoms with E-state index in [1.54, 1.807) is 43.6 Å². The third kappa shape index (κ3) is 5.33. The number of anilines is 1. The predicted octanol–water partition coefficient (Wildman–Crippen LogP) is 2.03. The van der Waals surface area contributed by atoms with Gasteiger partial charge in [0.25, 0.3) is 11.8 Å². The third-order valence-corrected chi connectivity index (χ3v) is 4.70. The summed E-state index contributed by atoms with van der Waals surface area (Å²) in [6.07, 6.45) is 3.76. The number of carbonyl (C=O) groups excluding carboxylic acids is 2. The lowest BCUT2D eigenvalue weighted by atomic mass is 10.1. The average Bonchev–Trinajstić information content (AvgIpc) is 2.96. The monoisotopic (exact) mass is 413 g/mol. The molecule has 8 nitrogen and oxygen atoms in total. The Morgan fingerprint density at radius 2 is 1.86 bits per heavy atom. The zero-order valence-electron chi connectivity index (χ0n) is 16.2. The summed E-state index contributed by atoms with van der Waals surface area (Å²) < 4.78 is 4.96. The van der Waals surface area contributed by atoms with E-state index < -0.39 is 0 Å². The van der Waals surface area contributed by atoms with Crippen LogP contribution in [0.5, 0.6) is 0 Å². The van der Waals surface area contributed by atoms with Gasteiger partial charge in [-0.2, -0.15) is 0 Å². The van der Waals surface area contributed by atoms with Crippen LogP contribution < -0.4 is 10.6 Å². The van der Waals surface area contributed by atoms with Gasteiger partial charge < -0.3 is 15.4 Å². The molecule has 2 aromatic rings. The highest BCUT2D eigenvalue weighted by Gasteiger charge is 2.34. The second-order valence-electron chi connectivity index (χ2n) is 6.50. The SMILES string of the molecule is COCCNC(=S)Nc1ccnc(CCCCN2C(=O)c3ccccc3C2=O)n1. The minimum atomic E-state index is -0.220. The zero-order chi connectivity index (χ0) is 20.6. The molecule has 0 aliphatic carbocycles.